The van der Waals surface area contributed by atoms with Crippen LogP contribution < -0.4 is 5.73 Å². The van der Waals surface area contributed by atoms with Crippen molar-refractivity contribution in [3.05, 3.63) is 29.3 Å². The first kappa shape index (κ1) is 12.1. The first-order valence-corrected chi connectivity index (χ1v) is 6.02. The van der Waals surface area contributed by atoms with Crippen molar-refractivity contribution in [2.75, 3.05) is 12.3 Å². The minimum absolute atomic E-state index is 0.0381. The standard InChI is InChI=1S/C14H20N2O/c1-10(8-17)16-7-11-6-12(15)4-5-13(11)14(2,3)9-16/h4-6,8,10H,7,9,15H2,1-3H3. The van der Waals surface area contributed by atoms with Crippen molar-refractivity contribution in [3.63, 3.8) is 0 Å². The fourth-order valence-corrected chi connectivity index (χ4v) is 2.65. The predicted molar refractivity (Wildman–Crippen MR) is 69.8 cm³/mol. The lowest BCUT2D eigenvalue weighted by molar-refractivity contribution is -0.112. The number of rotatable bonds is 2. The van der Waals surface area contributed by atoms with Crippen molar-refractivity contribution in [2.24, 2.45) is 0 Å². The summed E-state index contributed by atoms with van der Waals surface area (Å²) in [6.45, 7) is 8.09. The lowest BCUT2D eigenvalue weighted by Crippen LogP contribution is -2.46. The van der Waals surface area contributed by atoms with Crippen LogP contribution in [0.2, 0.25) is 0 Å². The number of anilines is 1. The number of benzene rings is 1. The molecule has 2 N–H and O–H groups in total. The van der Waals surface area contributed by atoms with Gasteiger partial charge in [-0.25, -0.2) is 0 Å². The predicted octanol–water partition coefficient (Wildman–Crippen LogP) is 1.95. The van der Waals surface area contributed by atoms with Gasteiger partial charge in [0.05, 0.1) is 6.04 Å². The highest BCUT2D eigenvalue weighted by Gasteiger charge is 2.33. The minimum Gasteiger partial charge on any atom is -0.399 e. The smallest absolute Gasteiger partial charge is 0.136 e. The Morgan fingerprint density at radius 3 is 2.82 bits per heavy atom. The molecule has 1 aromatic rings. The Kier molecular flexibility index (Phi) is 2.96. The zero-order valence-electron chi connectivity index (χ0n) is 10.7. The maximum atomic E-state index is 10.9. The van der Waals surface area contributed by atoms with Crippen LogP contribution in [-0.4, -0.2) is 23.8 Å². The third-order valence-corrected chi connectivity index (χ3v) is 3.60. The van der Waals surface area contributed by atoms with E-state index in [1.165, 1.54) is 11.1 Å². The number of aldehydes is 1. The van der Waals surface area contributed by atoms with Gasteiger partial charge in [0.2, 0.25) is 0 Å². The van der Waals surface area contributed by atoms with Crippen molar-refractivity contribution in [1.82, 2.24) is 4.90 Å². The van der Waals surface area contributed by atoms with Crippen LogP contribution in [0.25, 0.3) is 0 Å². The average Bonchev–Trinajstić information content (AvgIpc) is 2.26. The highest BCUT2D eigenvalue weighted by molar-refractivity contribution is 5.57. The maximum Gasteiger partial charge on any atom is 0.136 e. The molecule has 1 unspecified atom stereocenters. The van der Waals surface area contributed by atoms with E-state index in [4.69, 9.17) is 5.73 Å². The molecule has 1 aromatic carbocycles. The molecule has 0 saturated carbocycles. The topological polar surface area (TPSA) is 46.3 Å². The Morgan fingerprint density at radius 1 is 1.47 bits per heavy atom. The molecule has 0 bridgehead atoms. The molecule has 0 fully saturated rings. The highest BCUT2D eigenvalue weighted by atomic mass is 16.1. The molecule has 0 saturated heterocycles. The lowest BCUT2D eigenvalue weighted by atomic mass is 9.78. The molecule has 3 nitrogen and oxygen atoms in total. The summed E-state index contributed by atoms with van der Waals surface area (Å²) in [5, 5.41) is 0. The number of fused-ring (bicyclic) bond motifs is 1. The van der Waals surface area contributed by atoms with Gasteiger partial charge in [-0.3, -0.25) is 4.90 Å². The van der Waals surface area contributed by atoms with Crippen LogP contribution >= 0.6 is 0 Å². The van der Waals surface area contributed by atoms with Crippen LogP contribution in [0.5, 0.6) is 0 Å². The fourth-order valence-electron chi connectivity index (χ4n) is 2.65. The number of nitrogens with two attached hydrogens (primary N) is 1. The third kappa shape index (κ3) is 2.20. The quantitative estimate of drug-likeness (QED) is 0.626. The molecule has 2 rings (SSSR count). The largest absolute Gasteiger partial charge is 0.399 e. The van der Waals surface area contributed by atoms with Gasteiger partial charge in [-0.2, -0.15) is 0 Å². The van der Waals surface area contributed by atoms with Crippen molar-refractivity contribution >= 4 is 12.0 Å². The Balaban J connectivity index is 2.41. The maximum absolute atomic E-state index is 10.9. The summed E-state index contributed by atoms with van der Waals surface area (Å²) in [5.74, 6) is 0. The van der Waals surface area contributed by atoms with Gasteiger partial charge in [0.1, 0.15) is 6.29 Å². The van der Waals surface area contributed by atoms with Crippen LogP contribution in [0.3, 0.4) is 0 Å². The Morgan fingerprint density at radius 2 is 2.18 bits per heavy atom. The summed E-state index contributed by atoms with van der Waals surface area (Å²) >= 11 is 0. The molecule has 1 heterocycles. The van der Waals surface area contributed by atoms with Crippen LogP contribution in [0.15, 0.2) is 18.2 Å². The second-order valence-corrected chi connectivity index (χ2v) is 5.58. The monoisotopic (exact) mass is 232 g/mol. The Hall–Kier alpha value is -1.35. The number of hydrogen-bond donors (Lipinski definition) is 1. The molecule has 1 aliphatic rings. The van der Waals surface area contributed by atoms with E-state index >= 15 is 0 Å². The van der Waals surface area contributed by atoms with Gasteiger partial charge in [0.15, 0.2) is 0 Å². The van der Waals surface area contributed by atoms with Crippen molar-refractivity contribution in [1.29, 1.82) is 0 Å². The molecule has 1 aliphatic heterocycles. The molecular weight excluding hydrogens is 212 g/mol. The number of hydrogen-bond acceptors (Lipinski definition) is 3. The first-order chi connectivity index (χ1) is 7.94. The molecule has 1 atom stereocenters. The number of nitrogen functional groups attached to an aromatic ring is 1. The van der Waals surface area contributed by atoms with Gasteiger partial charge >= 0.3 is 0 Å². The SMILES string of the molecule is CC(C=O)N1Cc2cc(N)ccc2C(C)(C)C1. The lowest BCUT2D eigenvalue weighted by Gasteiger charge is -2.41. The van der Waals surface area contributed by atoms with Gasteiger partial charge < -0.3 is 10.5 Å². The van der Waals surface area contributed by atoms with Crippen molar-refractivity contribution in [2.45, 2.75) is 38.8 Å². The van der Waals surface area contributed by atoms with E-state index < -0.39 is 0 Å². The van der Waals surface area contributed by atoms with E-state index in [0.29, 0.717) is 0 Å². The minimum atomic E-state index is -0.0381. The summed E-state index contributed by atoms with van der Waals surface area (Å²) in [6.07, 6.45) is 1.01. The second-order valence-electron chi connectivity index (χ2n) is 5.58. The Bertz CT molecular complexity index is 440. The van der Waals surface area contributed by atoms with Gasteiger partial charge in [-0.05, 0) is 30.2 Å². The van der Waals surface area contributed by atoms with Gasteiger partial charge in [-0.15, -0.1) is 0 Å². The molecular formula is C14H20N2O. The number of nitrogens with zero attached hydrogens (tertiary/aromatic N) is 1. The summed E-state index contributed by atoms with van der Waals surface area (Å²) in [6, 6.07) is 6.07. The van der Waals surface area contributed by atoms with E-state index in [9.17, 15) is 4.79 Å². The number of carbonyl (C=O) groups excluding carboxylic acids is 1. The van der Waals surface area contributed by atoms with Crippen LogP contribution in [0.1, 0.15) is 31.9 Å². The van der Waals surface area contributed by atoms with Crippen molar-refractivity contribution in [3.8, 4) is 0 Å². The normalized spacial score (nSPS) is 20.6. The molecule has 0 spiro atoms. The second kappa shape index (κ2) is 4.15. The van der Waals surface area contributed by atoms with Gasteiger partial charge in [0, 0.05) is 24.2 Å². The van der Waals surface area contributed by atoms with Crippen molar-refractivity contribution < 1.29 is 4.79 Å². The Labute approximate surface area is 103 Å². The van der Waals surface area contributed by atoms with Gasteiger partial charge in [-0.1, -0.05) is 19.9 Å². The van der Waals surface area contributed by atoms with Crippen LogP contribution in [0.4, 0.5) is 5.69 Å². The zero-order chi connectivity index (χ0) is 12.6. The van der Waals surface area contributed by atoms with Crippen LogP contribution in [-0.2, 0) is 16.8 Å². The van der Waals surface area contributed by atoms with E-state index in [1.54, 1.807) is 0 Å². The summed E-state index contributed by atoms with van der Waals surface area (Å²) < 4.78 is 0. The summed E-state index contributed by atoms with van der Waals surface area (Å²) in [7, 11) is 0. The average molecular weight is 232 g/mol. The molecule has 92 valence electrons. The number of carbonyl (C=O) groups is 1. The van der Waals surface area contributed by atoms with Crippen LogP contribution in [0, 0.1) is 0 Å². The van der Waals surface area contributed by atoms with E-state index in [2.05, 4.69) is 24.8 Å². The fraction of sp³-hybridized carbons (Fsp3) is 0.500. The summed E-state index contributed by atoms with van der Waals surface area (Å²) in [5.41, 5.74) is 9.29. The first-order valence-electron chi connectivity index (χ1n) is 6.02. The van der Waals surface area contributed by atoms with E-state index in [1.807, 2.05) is 19.1 Å². The molecule has 0 aromatic heterocycles. The highest BCUT2D eigenvalue weighted by Crippen LogP contribution is 2.34. The van der Waals surface area contributed by atoms with E-state index in [-0.39, 0.29) is 11.5 Å². The zero-order valence-corrected chi connectivity index (χ0v) is 10.7. The molecule has 0 aliphatic carbocycles. The van der Waals surface area contributed by atoms with E-state index in [0.717, 1.165) is 25.1 Å². The van der Waals surface area contributed by atoms with Gasteiger partial charge in [0.25, 0.3) is 0 Å². The molecule has 17 heavy (non-hydrogen) atoms. The molecule has 0 amide bonds. The third-order valence-electron chi connectivity index (χ3n) is 3.60. The molecule has 0 radical (unpaired) electrons. The summed E-state index contributed by atoms with van der Waals surface area (Å²) in [4.78, 5) is 13.1. The molecule has 3 heteroatoms.